The molecule has 0 radical (unpaired) electrons. The number of amides is 3. The molecule has 5 heterocycles. The van der Waals surface area contributed by atoms with Gasteiger partial charge in [-0.1, -0.05) is 30.7 Å². The Hall–Kier alpha value is -6.09. The average Bonchev–Trinajstić information content (AvgIpc) is 3.39. The summed E-state index contributed by atoms with van der Waals surface area (Å²) in [5, 5.41) is 9.23. The van der Waals surface area contributed by atoms with Gasteiger partial charge in [0, 0.05) is 115 Å². The SMILES string of the molecule is CCc1cc(Nc2ncc(Cl)c(Nc3ccc(OC)cc3N(C)S(C)(=O)=O)n2)c(OC)cc1N1CCC(N2CCN(CCN(C(=O)OC(C)(C)C)C3CCN(c4ccc(C5CCC(=O)NC5=O)cc4)CC3)CC2)CC1. The highest BCUT2D eigenvalue weighted by Gasteiger charge is 2.34. The molecule has 3 aromatic carbocycles. The number of imide groups is 1. The highest BCUT2D eigenvalue weighted by Crippen LogP contribution is 2.39. The summed E-state index contributed by atoms with van der Waals surface area (Å²) in [6.07, 6.45) is 7.79. The second kappa shape index (κ2) is 23.8. The molecular weight excluding hydrogens is 998 g/mol. The number of methoxy groups -OCH3 is 2. The van der Waals surface area contributed by atoms with Crippen molar-refractivity contribution in [3.8, 4) is 11.5 Å². The minimum atomic E-state index is -3.60. The normalized spacial score (nSPS) is 18.6. The summed E-state index contributed by atoms with van der Waals surface area (Å²) in [7, 11) is 1.03. The summed E-state index contributed by atoms with van der Waals surface area (Å²) in [5.74, 6) is 0.944. The largest absolute Gasteiger partial charge is 0.497 e. The van der Waals surface area contributed by atoms with E-state index in [9.17, 15) is 22.8 Å². The van der Waals surface area contributed by atoms with Gasteiger partial charge in [0.1, 0.15) is 22.1 Å². The second-order valence-corrected chi connectivity index (χ2v) is 23.3. The Morgan fingerprint density at radius 3 is 2.19 bits per heavy atom. The molecule has 1 aromatic heterocycles. The van der Waals surface area contributed by atoms with E-state index >= 15 is 0 Å². The monoisotopic (exact) mass is 1070 g/mol. The van der Waals surface area contributed by atoms with Gasteiger partial charge in [0.05, 0.1) is 49.7 Å². The van der Waals surface area contributed by atoms with Gasteiger partial charge < -0.3 is 39.5 Å². The number of hydrogen-bond donors (Lipinski definition) is 3. The van der Waals surface area contributed by atoms with Crippen LogP contribution in [-0.4, -0.2) is 162 Å². The highest BCUT2D eigenvalue weighted by atomic mass is 35.5. The number of piperazine rings is 1. The third-order valence-electron chi connectivity index (χ3n) is 14.9. The Morgan fingerprint density at radius 1 is 0.867 bits per heavy atom. The van der Waals surface area contributed by atoms with Crippen molar-refractivity contribution < 1.29 is 37.0 Å². The second-order valence-electron chi connectivity index (χ2n) is 20.9. The van der Waals surface area contributed by atoms with Gasteiger partial charge in [-0.05, 0) is 101 Å². The number of ether oxygens (including phenoxy) is 3. The van der Waals surface area contributed by atoms with E-state index in [1.165, 1.54) is 20.4 Å². The zero-order valence-corrected chi connectivity index (χ0v) is 46.2. The predicted octanol–water partition coefficient (Wildman–Crippen LogP) is 7.61. The molecule has 75 heavy (non-hydrogen) atoms. The number of aryl methyl sites for hydroxylation is 1. The summed E-state index contributed by atoms with van der Waals surface area (Å²) >= 11 is 6.59. The zero-order valence-electron chi connectivity index (χ0n) is 44.7. The number of carbonyl (C=O) groups excluding carboxylic acids is 3. The fourth-order valence-electron chi connectivity index (χ4n) is 10.6. The van der Waals surface area contributed by atoms with Crippen LogP contribution in [0.4, 0.5) is 45.0 Å². The van der Waals surface area contributed by atoms with E-state index in [4.69, 9.17) is 25.8 Å². The molecule has 1 atom stereocenters. The van der Waals surface area contributed by atoms with Gasteiger partial charge >= 0.3 is 6.09 Å². The van der Waals surface area contributed by atoms with Crippen LogP contribution in [0.5, 0.6) is 11.5 Å². The van der Waals surface area contributed by atoms with Crippen molar-refractivity contribution in [3.05, 3.63) is 76.9 Å². The van der Waals surface area contributed by atoms with Crippen LogP contribution in [0.15, 0.2) is 60.8 Å². The van der Waals surface area contributed by atoms with Crippen LogP contribution >= 0.6 is 11.6 Å². The molecule has 0 aliphatic carbocycles. The molecule has 4 aromatic rings. The van der Waals surface area contributed by atoms with Crippen molar-refractivity contribution in [1.29, 1.82) is 0 Å². The lowest BCUT2D eigenvalue weighted by Crippen LogP contribution is -2.55. The Morgan fingerprint density at radius 2 is 1.56 bits per heavy atom. The van der Waals surface area contributed by atoms with E-state index in [0.29, 0.717) is 54.0 Å². The molecule has 3 N–H and O–H groups in total. The predicted molar refractivity (Wildman–Crippen MR) is 295 cm³/mol. The molecule has 0 bridgehead atoms. The summed E-state index contributed by atoms with van der Waals surface area (Å²) in [6, 6.07) is 17.9. The number of aromatic nitrogens is 2. The maximum Gasteiger partial charge on any atom is 0.410 e. The van der Waals surface area contributed by atoms with E-state index in [-0.39, 0.29) is 46.7 Å². The van der Waals surface area contributed by atoms with Crippen molar-refractivity contribution in [1.82, 2.24) is 30.0 Å². The van der Waals surface area contributed by atoms with Crippen LogP contribution in [0.2, 0.25) is 5.02 Å². The maximum absolute atomic E-state index is 13.8. The van der Waals surface area contributed by atoms with Crippen LogP contribution in [0.25, 0.3) is 0 Å². The molecule has 3 amide bonds. The van der Waals surface area contributed by atoms with E-state index in [1.54, 1.807) is 25.3 Å². The molecular formula is C54H74ClN11O8S. The fraction of sp³-hybridized carbons (Fsp3) is 0.537. The summed E-state index contributed by atoms with van der Waals surface area (Å²) < 4.78 is 43.5. The topological polar surface area (TPSA) is 194 Å². The van der Waals surface area contributed by atoms with Gasteiger partial charge in [-0.3, -0.25) is 29.0 Å². The lowest BCUT2D eigenvalue weighted by atomic mass is 9.90. The van der Waals surface area contributed by atoms with Crippen molar-refractivity contribution in [2.24, 2.45) is 0 Å². The molecule has 406 valence electrons. The molecule has 21 heteroatoms. The Labute approximate surface area is 447 Å². The minimum Gasteiger partial charge on any atom is -0.497 e. The Kier molecular flexibility index (Phi) is 17.5. The van der Waals surface area contributed by atoms with E-state index in [1.807, 2.05) is 37.8 Å². The molecule has 4 fully saturated rings. The Bertz CT molecular complexity index is 2770. The van der Waals surface area contributed by atoms with E-state index in [2.05, 4.69) is 76.7 Å². The molecule has 19 nitrogen and oxygen atoms in total. The first-order valence-corrected chi connectivity index (χ1v) is 28.3. The fourth-order valence-corrected chi connectivity index (χ4v) is 11.2. The molecule has 0 spiro atoms. The maximum atomic E-state index is 13.8. The van der Waals surface area contributed by atoms with E-state index in [0.717, 1.165) is 124 Å². The number of nitrogens with zero attached hydrogens (tertiary/aromatic N) is 8. The lowest BCUT2D eigenvalue weighted by molar-refractivity contribution is -0.134. The minimum absolute atomic E-state index is 0.0698. The lowest BCUT2D eigenvalue weighted by Gasteiger charge is -2.44. The number of nitrogens with one attached hydrogen (secondary N) is 3. The molecule has 0 saturated carbocycles. The van der Waals surface area contributed by atoms with Crippen molar-refractivity contribution in [3.63, 3.8) is 0 Å². The molecule has 4 aliphatic heterocycles. The zero-order chi connectivity index (χ0) is 53.6. The Balaban J connectivity index is 0.835. The standard InChI is InChI=1S/C54H74ClN11O8S/c1-9-36-32-45(58-52-56-35-43(55)50(60-52)57-44-16-14-41(72-6)33-47(44)61(5)75(8,70)71)48(73-7)34-46(36)65-24-18-39(19-25-65)64-29-26-62(27-30-64)28-31-66(53(69)74-54(2,3)4)40-20-22-63(23-21-40)38-12-10-37(11-13-38)42-15-17-49(67)59-51(42)68/h10-14,16,32-35,39-40,42H,9,15,17-31H2,1-8H3,(H,59,67,68)(H2,56,57,58,60). The van der Waals surface area contributed by atoms with Gasteiger partial charge in [-0.15, -0.1) is 0 Å². The number of carbonyl (C=O) groups is 3. The van der Waals surface area contributed by atoms with Crippen molar-refractivity contribution in [2.45, 2.75) is 96.2 Å². The van der Waals surface area contributed by atoms with Gasteiger partial charge in [0.2, 0.25) is 27.8 Å². The number of anilines is 7. The quantitative estimate of drug-likeness (QED) is 0.0874. The van der Waals surface area contributed by atoms with Gasteiger partial charge in [0.15, 0.2) is 5.82 Å². The number of hydrogen-bond acceptors (Lipinski definition) is 16. The van der Waals surface area contributed by atoms with Gasteiger partial charge in [-0.25, -0.2) is 18.2 Å². The van der Waals surface area contributed by atoms with Gasteiger partial charge in [-0.2, -0.15) is 4.98 Å². The first-order chi connectivity index (χ1) is 35.8. The average molecular weight is 1070 g/mol. The van der Waals surface area contributed by atoms with E-state index < -0.39 is 15.6 Å². The summed E-state index contributed by atoms with van der Waals surface area (Å²) in [5.41, 5.74) is 5.23. The third-order valence-corrected chi connectivity index (χ3v) is 16.4. The molecule has 4 aliphatic rings. The molecule has 8 rings (SSSR count). The van der Waals surface area contributed by atoms with Crippen LogP contribution in [0.3, 0.4) is 0 Å². The first-order valence-electron chi connectivity index (χ1n) is 26.1. The summed E-state index contributed by atoms with van der Waals surface area (Å²) in [6.45, 7) is 16.6. The van der Waals surface area contributed by atoms with Crippen molar-refractivity contribution in [2.75, 3.05) is 118 Å². The number of halogens is 1. The highest BCUT2D eigenvalue weighted by molar-refractivity contribution is 7.92. The smallest absolute Gasteiger partial charge is 0.410 e. The first kappa shape index (κ1) is 55.2. The van der Waals surface area contributed by atoms with Crippen LogP contribution < -0.4 is 39.5 Å². The van der Waals surface area contributed by atoms with Crippen LogP contribution in [-0.2, 0) is 30.8 Å². The number of sulfonamides is 1. The van der Waals surface area contributed by atoms with Crippen LogP contribution in [0, 0.1) is 0 Å². The van der Waals surface area contributed by atoms with Crippen LogP contribution in [0.1, 0.15) is 83.3 Å². The third kappa shape index (κ3) is 13.7. The number of piperidine rings is 3. The number of rotatable bonds is 17. The van der Waals surface area contributed by atoms with Gasteiger partial charge in [0.25, 0.3) is 0 Å². The van der Waals surface area contributed by atoms with Crippen molar-refractivity contribution >= 4 is 79.7 Å². The summed E-state index contributed by atoms with van der Waals surface area (Å²) in [4.78, 5) is 58.9. The number of benzene rings is 3. The molecule has 4 saturated heterocycles. The molecule has 1 unspecified atom stereocenters.